The molecule has 2 aliphatic carbocycles. The van der Waals surface area contributed by atoms with Crippen LogP contribution in [0.5, 0.6) is 0 Å². The van der Waals surface area contributed by atoms with Crippen LogP contribution in [0.3, 0.4) is 0 Å². The Morgan fingerprint density at radius 2 is 1.67 bits per heavy atom. The standard InChI is InChI=1S/C19H33N5/c1-14-21-18(12-19(22-14)24(2)3)23-17-10-8-16(9-11-17)20-13-15-6-4-5-7-15/h12,15-17,20H,4-11,13H2,1-3H3,(H,21,22,23). The molecule has 3 rings (SSSR count). The summed E-state index contributed by atoms with van der Waals surface area (Å²) in [6.45, 7) is 3.20. The number of nitrogens with one attached hydrogen (secondary N) is 2. The summed E-state index contributed by atoms with van der Waals surface area (Å²) >= 11 is 0. The third kappa shape index (κ3) is 4.82. The minimum Gasteiger partial charge on any atom is -0.367 e. The van der Waals surface area contributed by atoms with Gasteiger partial charge in [0.2, 0.25) is 0 Å². The maximum Gasteiger partial charge on any atom is 0.133 e. The number of aromatic nitrogens is 2. The number of anilines is 2. The van der Waals surface area contributed by atoms with Crippen molar-refractivity contribution in [3.8, 4) is 0 Å². The van der Waals surface area contributed by atoms with E-state index in [0.29, 0.717) is 12.1 Å². The zero-order valence-electron chi connectivity index (χ0n) is 15.5. The third-order valence-corrected chi connectivity index (χ3v) is 5.53. The summed E-state index contributed by atoms with van der Waals surface area (Å²) in [6, 6.07) is 3.31. The van der Waals surface area contributed by atoms with Crippen LogP contribution in [-0.2, 0) is 0 Å². The predicted octanol–water partition coefficient (Wildman–Crippen LogP) is 3.35. The first-order valence-corrected chi connectivity index (χ1v) is 9.63. The van der Waals surface area contributed by atoms with Crippen LogP contribution in [0.2, 0.25) is 0 Å². The van der Waals surface area contributed by atoms with Gasteiger partial charge in [-0.1, -0.05) is 12.8 Å². The molecule has 1 aromatic heterocycles. The van der Waals surface area contributed by atoms with Crippen molar-refractivity contribution in [2.24, 2.45) is 5.92 Å². The lowest BCUT2D eigenvalue weighted by Crippen LogP contribution is -2.39. The van der Waals surface area contributed by atoms with Gasteiger partial charge in [-0.15, -0.1) is 0 Å². The quantitative estimate of drug-likeness (QED) is 0.837. The summed E-state index contributed by atoms with van der Waals surface area (Å²) < 4.78 is 0. The molecular weight excluding hydrogens is 298 g/mol. The summed E-state index contributed by atoms with van der Waals surface area (Å²) in [5, 5.41) is 7.45. The SMILES string of the molecule is Cc1nc(NC2CCC(NCC3CCCC3)CC2)cc(N(C)C)n1. The highest BCUT2D eigenvalue weighted by molar-refractivity contribution is 5.48. The highest BCUT2D eigenvalue weighted by Gasteiger charge is 2.23. The molecule has 5 nitrogen and oxygen atoms in total. The highest BCUT2D eigenvalue weighted by atomic mass is 15.2. The molecule has 2 fully saturated rings. The Balaban J connectivity index is 1.45. The molecule has 0 aliphatic heterocycles. The number of hydrogen-bond donors (Lipinski definition) is 2. The molecule has 0 aromatic carbocycles. The summed E-state index contributed by atoms with van der Waals surface area (Å²) in [6.07, 6.45) is 10.7. The molecular formula is C19H33N5. The molecule has 24 heavy (non-hydrogen) atoms. The van der Waals surface area contributed by atoms with Crippen molar-refractivity contribution >= 4 is 11.6 Å². The van der Waals surface area contributed by atoms with E-state index in [4.69, 9.17) is 0 Å². The lowest BCUT2D eigenvalue weighted by molar-refractivity contribution is 0.333. The number of nitrogens with zero attached hydrogens (tertiary/aromatic N) is 3. The molecule has 134 valence electrons. The van der Waals surface area contributed by atoms with Crippen LogP contribution in [0.25, 0.3) is 0 Å². The van der Waals surface area contributed by atoms with Gasteiger partial charge in [-0.25, -0.2) is 9.97 Å². The average Bonchev–Trinajstić information content (AvgIpc) is 3.07. The molecule has 1 heterocycles. The average molecular weight is 332 g/mol. The van der Waals surface area contributed by atoms with E-state index in [1.807, 2.05) is 25.9 Å². The minimum atomic E-state index is 0.541. The van der Waals surface area contributed by atoms with E-state index < -0.39 is 0 Å². The van der Waals surface area contributed by atoms with E-state index in [1.54, 1.807) is 0 Å². The number of rotatable bonds is 6. The van der Waals surface area contributed by atoms with Crippen molar-refractivity contribution in [3.05, 3.63) is 11.9 Å². The van der Waals surface area contributed by atoms with Crippen LogP contribution in [0.4, 0.5) is 11.6 Å². The van der Waals surface area contributed by atoms with Gasteiger partial charge in [-0.2, -0.15) is 0 Å². The number of aryl methyl sites for hydroxylation is 1. The van der Waals surface area contributed by atoms with Crippen molar-refractivity contribution in [2.45, 2.75) is 70.4 Å². The van der Waals surface area contributed by atoms with E-state index in [2.05, 4.69) is 26.7 Å². The molecule has 0 spiro atoms. The molecule has 2 saturated carbocycles. The van der Waals surface area contributed by atoms with Crippen molar-refractivity contribution < 1.29 is 0 Å². The van der Waals surface area contributed by atoms with Crippen LogP contribution < -0.4 is 15.5 Å². The Bertz CT molecular complexity index is 516. The Kier molecular flexibility index (Phi) is 5.93. The molecule has 0 unspecified atom stereocenters. The van der Waals surface area contributed by atoms with Gasteiger partial charge in [-0.05, 0) is 57.9 Å². The Labute approximate surface area is 146 Å². The zero-order chi connectivity index (χ0) is 16.9. The second-order valence-corrected chi connectivity index (χ2v) is 7.80. The van der Waals surface area contributed by atoms with Crippen LogP contribution in [-0.4, -0.2) is 42.7 Å². The van der Waals surface area contributed by atoms with Crippen LogP contribution in [0.1, 0.15) is 57.2 Å². The molecule has 1 aromatic rings. The van der Waals surface area contributed by atoms with E-state index in [0.717, 1.165) is 23.4 Å². The molecule has 0 atom stereocenters. The molecule has 0 amide bonds. The maximum atomic E-state index is 4.55. The Morgan fingerprint density at radius 1 is 1.00 bits per heavy atom. The minimum absolute atomic E-state index is 0.541. The molecule has 0 radical (unpaired) electrons. The Hall–Kier alpha value is -1.36. The highest BCUT2D eigenvalue weighted by Crippen LogP contribution is 2.26. The fourth-order valence-corrected chi connectivity index (χ4v) is 4.05. The first kappa shape index (κ1) is 17.5. The van der Waals surface area contributed by atoms with E-state index >= 15 is 0 Å². The van der Waals surface area contributed by atoms with E-state index in [9.17, 15) is 0 Å². The first-order chi connectivity index (χ1) is 11.6. The van der Waals surface area contributed by atoms with Gasteiger partial charge in [-0.3, -0.25) is 0 Å². The molecule has 2 aliphatic rings. The summed E-state index contributed by atoms with van der Waals surface area (Å²) in [5.41, 5.74) is 0. The van der Waals surface area contributed by atoms with Crippen LogP contribution in [0.15, 0.2) is 6.07 Å². The third-order valence-electron chi connectivity index (χ3n) is 5.53. The second kappa shape index (κ2) is 8.15. The molecule has 5 heteroatoms. The Morgan fingerprint density at radius 3 is 2.33 bits per heavy atom. The van der Waals surface area contributed by atoms with Gasteiger partial charge in [0, 0.05) is 32.2 Å². The second-order valence-electron chi connectivity index (χ2n) is 7.80. The van der Waals surface area contributed by atoms with Crippen molar-refractivity contribution in [1.29, 1.82) is 0 Å². The zero-order valence-corrected chi connectivity index (χ0v) is 15.5. The maximum absolute atomic E-state index is 4.55. The fourth-order valence-electron chi connectivity index (χ4n) is 4.05. The van der Waals surface area contributed by atoms with Crippen LogP contribution in [0, 0.1) is 12.8 Å². The summed E-state index contributed by atoms with van der Waals surface area (Å²) in [7, 11) is 4.04. The first-order valence-electron chi connectivity index (χ1n) is 9.63. The van der Waals surface area contributed by atoms with Crippen molar-refractivity contribution in [2.75, 3.05) is 30.9 Å². The van der Waals surface area contributed by atoms with E-state index in [1.165, 1.54) is 57.9 Å². The van der Waals surface area contributed by atoms with E-state index in [-0.39, 0.29) is 0 Å². The van der Waals surface area contributed by atoms with Gasteiger partial charge >= 0.3 is 0 Å². The van der Waals surface area contributed by atoms with Crippen molar-refractivity contribution in [1.82, 2.24) is 15.3 Å². The predicted molar refractivity (Wildman–Crippen MR) is 101 cm³/mol. The van der Waals surface area contributed by atoms with Gasteiger partial charge in [0.25, 0.3) is 0 Å². The van der Waals surface area contributed by atoms with Crippen LogP contribution >= 0.6 is 0 Å². The smallest absolute Gasteiger partial charge is 0.133 e. The van der Waals surface area contributed by atoms with Gasteiger partial charge in [0.1, 0.15) is 17.5 Å². The van der Waals surface area contributed by atoms with Gasteiger partial charge < -0.3 is 15.5 Å². The monoisotopic (exact) mass is 331 g/mol. The molecule has 0 saturated heterocycles. The number of hydrogen-bond acceptors (Lipinski definition) is 5. The topological polar surface area (TPSA) is 53.1 Å². The van der Waals surface area contributed by atoms with Gasteiger partial charge in [0.05, 0.1) is 0 Å². The molecule has 0 bridgehead atoms. The summed E-state index contributed by atoms with van der Waals surface area (Å²) in [5.74, 6) is 3.70. The normalized spacial score (nSPS) is 25.0. The lowest BCUT2D eigenvalue weighted by Gasteiger charge is -2.31. The lowest BCUT2D eigenvalue weighted by atomic mass is 9.90. The molecule has 2 N–H and O–H groups in total. The van der Waals surface area contributed by atoms with Gasteiger partial charge in [0.15, 0.2) is 0 Å². The van der Waals surface area contributed by atoms with Crippen molar-refractivity contribution in [3.63, 3.8) is 0 Å². The fraction of sp³-hybridized carbons (Fsp3) is 0.789. The largest absolute Gasteiger partial charge is 0.367 e. The summed E-state index contributed by atoms with van der Waals surface area (Å²) in [4.78, 5) is 11.1.